The van der Waals surface area contributed by atoms with Gasteiger partial charge in [-0.1, -0.05) is 65.2 Å². The normalized spacial score (nSPS) is 12.9. The summed E-state index contributed by atoms with van der Waals surface area (Å²) in [5.74, 6) is 0. The second-order valence-corrected chi connectivity index (χ2v) is 5.22. The highest BCUT2D eigenvalue weighted by Gasteiger charge is 1.96. The molecule has 104 valence electrons. The van der Waals surface area contributed by atoms with Crippen LogP contribution in [0.3, 0.4) is 0 Å². The van der Waals surface area contributed by atoms with Crippen LogP contribution in [0.25, 0.3) is 0 Å². The van der Waals surface area contributed by atoms with Crippen molar-refractivity contribution in [1.29, 1.82) is 0 Å². The fourth-order valence-electron chi connectivity index (χ4n) is 2.21. The SMILES string of the molecule is CCCCCCCCCCCC[NH+]([O-])CCC. The summed E-state index contributed by atoms with van der Waals surface area (Å²) < 4.78 is 0. The molecule has 2 nitrogen and oxygen atoms in total. The summed E-state index contributed by atoms with van der Waals surface area (Å²) in [6.07, 6.45) is 14.5. The van der Waals surface area contributed by atoms with Gasteiger partial charge in [0, 0.05) is 0 Å². The van der Waals surface area contributed by atoms with E-state index in [4.69, 9.17) is 0 Å². The lowest BCUT2D eigenvalue weighted by atomic mass is 10.1. The summed E-state index contributed by atoms with van der Waals surface area (Å²) in [7, 11) is 0. The topological polar surface area (TPSA) is 27.5 Å². The van der Waals surface area contributed by atoms with Crippen molar-refractivity contribution < 1.29 is 5.06 Å². The highest BCUT2D eigenvalue weighted by atomic mass is 16.5. The molecule has 0 bridgehead atoms. The van der Waals surface area contributed by atoms with Gasteiger partial charge in [0.2, 0.25) is 0 Å². The van der Waals surface area contributed by atoms with E-state index in [0.717, 1.165) is 25.9 Å². The molecule has 0 aromatic carbocycles. The van der Waals surface area contributed by atoms with Crippen LogP contribution < -0.4 is 5.06 Å². The number of unbranched alkanes of at least 4 members (excludes halogenated alkanes) is 9. The summed E-state index contributed by atoms with van der Waals surface area (Å²) >= 11 is 0. The van der Waals surface area contributed by atoms with Gasteiger partial charge >= 0.3 is 0 Å². The molecule has 0 aliphatic heterocycles. The van der Waals surface area contributed by atoms with Gasteiger partial charge in [0.1, 0.15) is 0 Å². The van der Waals surface area contributed by atoms with Gasteiger partial charge in [-0.05, 0) is 19.3 Å². The maximum Gasteiger partial charge on any atom is 0.0768 e. The van der Waals surface area contributed by atoms with Crippen LogP contribution in [0, 0.1) is 5.21 Å². The zero-order valence-electron chi connectivity index (χ0n) is 12.1. The predicted octanol–water partition coefficient (Wildman–Crippen LogP) is 3.70. The minimum atomic E-state index is 0.465. The summed E-state index contributed by atoms with van der Waals surface area (Å²) in [6.45, 7) is 5.96. The smallest absolute Gasteiger partial charge is 0.0768 e. The van der Waals surface area contributed by atoms with Crippen LogP contribution in [0.4, 0.5) is 0 Å². The van der Waals surface area contributed by atoms with E-state index in [1.807, 2.05) is 0 Å². The number of hydroxylamine groups is 2. The van der Waals surface area contributed by atoms with Gasteiger partial charge in [-0.25, -0.2) is 0 Å². The second kappa shape index (κ2) is 14.0. The molecule has 0 aliphatic carbocycles. The van der Waals surface area contributed by atoms with E-state index in [1.165, 1.54) is 57.8 Å². The Labute approximate surface area is 108 Å². The Bertz CT molecular complexity index is 139. The van der Waals surface area contributed by atoms with E-state index in [9.17, 15) is 5.21 Å². The number of quaternary nitrogens is 1. The molecule has 0 saturated heterocycles. The molecule has 17 heavy (non-hydrogen) atoms. The molecular weight excluding hydrogens is 210 g/mol. The molecule has 1 atom stereocenters. The summed E-state index contributed by atoms with van der Waals surface area (Å²) in [6, 6.07) is 0. The van der Waals surface area contributed by atoms with Crippen LogP contribution in [-0.2, 0) is 0 Å². The van der Waals surface area contributed by atoms with Crippen LogP contribution in [-0.4, -0.2) is 13.1 Å². The molecule has 0 aromatic rings. The monoisotopic (exact) mass is 243 g/mol. The third-order valence-corrected chi connectivity index (χ3v) is 3.34. The molecule has 0 aliphatic rings. The lowest BCUT2D eigenvalue weighted by molar-refractivity contribution is -0.848. The zero-order valence-corrected chi connectivity index (χ0v) is 12.1. The first kappa shape index (κ1) is 16.9. The average Bonchev–Trinajstić information content (AvgIpc) is 2.32. The van der Waals surface area contributed by atoms with Gasteiger partial charge in [0.15, 0.2) is 0 Å². The van der Waals surface area contributed by atoms with Gasteiger partial charge in [-0.15, -0.1) is 0 Å². The van der Waals surface area contributed by atoms with E-state index < -0.39 is 0 Å². The third kappa shape index (κ3) is 13.9. The average molecular weight is 243 g/mol. The molecule has 0 saturated carbocycles. The largest absolute Gasteiger partial charge is 0.634 e. The van der Waals surface area contributed by atoms with Crippen LogP contribution >= 0.6 is 0 Å². The van der Waals surface area contributed by atoms with E-state index in [1.54, 1.807) is 0 Å². The Morgan fingerprint density at radius 2 is 1.06 bits per heavy atom. The first-order valence-electron chi connectivity index (χ1n) is 7.83. The zero-order chi connectivity index (χ0) is 12.8. The first-order chi connectivity index (χ1) is 8.31. The Morgan fingerprint density at radius 1 is 0.588 bits per heavy atom. The highest BCUT2D eigenvalue weighted by molar-refractivity contribution is 4.47. The van der Waals surface area contributed by atoms with Crippen molar-refractivity contribution in [1.82, 2.24) is 0 Å². The molecule has 0 rings (SSSR count). The minimum absolute atomic E-state index is 0.465. The van der Waals surface area contributed by atoms with Crippen molar-refractivity contribution in [3.63, 3.8) is 0 Å². The first-order valence-corrected chi connectivity index (χ1v) is 7.83. The Hall–Kier alpha value is -0.0800. The highest BCUT2D eigenvalue weighted by Crippen LogP contribution is 2.09. The molecule has 0 aromatic heterocycles. The molecule has 0 radical (unpaired) electrons. The van der Waals surface area contributed by atoms with Crippen LogP contribution in [0.1, 0.15) is 84.5 Å². The quantitative estimate of drug-likeness (QED) is 0.387. The Balaban J connectivity index is 2.98. The van der Waals surface area contributed by atoms with Crippen LogP contribution in [0.15, 0.2) is 0 Å². The molecule has 0 fully saturated rings. The van der Waals surface area contributed by atoms with Crippen molar-refractivity contribution in [3.05, 3.63) is 5.21 Å². The molecule has 2 heteroatoms. The second-order valence-electron chi connectivity index (χ2n) is 5.22. The van der Waals surface area contributed by atoms with E-state index >= 15 is 0 Å². The Morgan fingerprint density at radius 3 is 1.53 bits per heavy atom. The summed E-state index contributed by atoms with van der Waals surface area (Å²) in [5, 5.41) is 11.7. The fourth-order valence-corrected chi connectivity index (χ4v) is 2.21. The van der Waals surface area contributed by atoms with Gasteiger partial charge < -0.3 is 10.3 Å². The number of rotatable bonds is 13. The van der Waals surface area contributed by atoms with Gasteiger partial charge in [-0.3, -0.25) is 0 Å². The predicted molar refractivity (Wildman–Crippen MR) is 76.2 cm³/mol. The molecule has 1 N–H and O–H groups in total. The number of hydrogen-bond donors (Lipinski definition) is 1. The minimum Gasteiger partial charge on any atom is -0.634 e. The molecule has 0 spiro atoms. The standard InChI is InChI=1S/C15H33NO/c1-3-5-6-7-8-9-10-11-12-13-15-16(17)14-4-2/h16H,3-15H2,1-2H3. The summed E-state index contributed by atoms with van der Waals surface area (Å²) in [5.41, 5.74) is 0. The van der Waals surface area contributed by atoms with Crippen molar-refractivity contribution in [2.45, 2.75) is 84.5 Å². The van der Waals surface area contributed by atoms with Crippen molar-refractivity contribution in [3.8, 4) is 0 Å². The number of hydrogen-bond acceptors (Lipinski definition) is 1. The van der Waals surface area contributed by atoms with Crippen LogP contribution in [0.5, 0.6) is 0 Å². The van der Waals surface area contributed by atoms with Gasteiger partial charge in [0.25, 0.3) is 0 Å². The number of nitrogens with one attached hydrogen (secondary N) is 1. The van der Waals surface area contributed by atoms with Crippen molar-refractivity contribution in [2.75, 3.05) is 13.1 Å². The third-order valence-electron chi connectivity index (χ3n) is 3.34. The summed E-state index contributed by atoms with van der Waals surface area (Å²) in [4.78, 5) is 0. The molecule has 1 unspecified atom stereocenters. The van der Waals surface area contributed by atoms with E-state index in [2.05, 4.69) is 13.8 Å². The van der Waals surface area contributed by atoms with Crippen LogP contribution in [0.2, 0.25) is 0 Å². The molecule has 0 amide bonds. The maximum atomic E-state index is 11.3. The lowest BCUT2D eigenvalue weighted by Crippen LogP contribution is -3.07. The lowest BCUT2D eigenvalue weighted by Gasteiger charge is -2.21. The van der Waals surface area contributed by atoms with E-state index in [-0.39, 0.29) is 0 Å². The maximum absolute atomic E-state index is 11.3. The van der Waals surface area contributed by atoms with Crippen molar-refractivity contribution in [2.24, 2.45) is 0 Å². The van der Waals surface area contributed by atoms with Gasteiger partial charge in [-0.2, -0.15) is 0 Å². The Kier molecular flexibility index (Phi) is 13.9. The fraction of sp³-hybridized carbons (Fsp3) is 1.00. The molecule has 0 heterocycles. The van der Waals surface area contributed by atoms with Gasteiger partial charge in [0.05, 0.1) is 13.1 Å². The van der Waals surface area contributed by atoms with E-state index in [0.29, 0.717) is 5.06 Å². The molecular formula is C15H33NO. The van der Waals surface area contributed by atoms with Crippen molar-refractivity contribution >= 4 is 0 Å².